The van der Waals surface area contributed by atoms with Crippen LogP contribution in [0.15, 0.2) is 28.6 Å². The molecule has 0 saturated heterocycles. The van der Waals surface area contributed by atoms with Crippen LogP contribution >= 0.6 is 0 Å². The fraction of sp³-hybridized carbons (Fsp3) is 0.762. The molecule has 1 N–H and O–H groups in total. The minimum atomic E-state index is -1.29. The zero-order valence-electron chi connectivity index (χ0n) is 18.5. The lowest BCUT2D eigenvalue weighted by atomic mass is 10.0. The Kier molecular flexibility index (Phi) is 8.97. The van der Waals surface area contributed by atoms with E-state index in [1.807, 2.05) is 47.6 Å². The first-order chi connectivity index (χ1) is 13.5. The van der Waals surface area contributed by atoms with Gasteiger partial charge in [-0.2, -0.15) is 0 Å². The van der Waals surface area contributed by atoms with Crippen molar-refractivity contribution < 1.29 is 18.6 Å². The number of rotatable bonds is 8. The first-order valence-corrected chi connectivity index (χ1v) is 12.5. The average molecular weight is 445 g/mol. The molecule has 2 heterocycles. The maximum atomic E-state index is 13.0. The molecule has 2 aliphatic heterocycles. The molecule has 0 aromatic carbocycles. The summed E-state index contributed by atoms with van der Waals surface area (Å²) in [6.07, 6.45) is 11.4. The lowest BCUT2D eigenvalue weighted by Gasteiger charge is -2.34. The highest BCUT2D eigenvalue weighted by Gasteiger charge is 2.38. The number of nitrogens with zero attached hydrogens (tertiary/aromatic N) is 1. The van der Waals surface area contributed by atoms with Crippen LogP contribution < -0.4 is 4.72 Å². The normalized spacial score (nSPS) is 26.4. The van der Waals surface area contributed by atoms with Crippen LogP contribution in [0.2, 0.25) is 0 Å². The molecule has 29 heavy (non-hydrogen) atoms. The van der Waals surface area contributed by atoms with Crippen LogP contribution in [0.25, 0.3) is 0 Å². The van der Waals surface area contributed by atoms with Gasteiger partial charge in [-0.25, -0.2) is 0 Å². The van der Waals surface area contributed by atoms with Crippen LogP contribution in [0, 0.1) is 0 Å². The van der Waals surface area contributed by atoms with E-state index in [4.69, 9.17) is 9.47 Å². The maximum Gasteiger partial charge on any atom is 0.146 e. The third-order valence-electron chi connectivity index (χ3n) is 4.89. The molecule has 0 spiro atoms. The van der Waals surface area contributed by atoms with E-state index in [-0.39, 0.29) is 23.0 Å². The molecule has 0 radical (unpaired) electrons. The summed E-state index contributed by atoms with van der Waals surface area (Å²) in [6, 6.07) is -0.00595. The van der Waals surface area contributed by atoms with Crippen LogP contribution in [0.4, 0.5) is 0 Å². The van der Waals surface area contributed by atoms with Gasteiger partial charge in [0.05, 0.1) is 30.7 Å². The van der Waals surface area contributed by atoms with Crippen LogP contribution in [0.3, 0.4) is 0 Å². The second-order valence-electron chi connectivity index (χ2n) is 9.26. The zero-order chi connectivity index (χ0) is 21.7. The number of hydrogen-bond acceptors (Lipinski definition) is 6. The number of hydrogen-bond donors (Lipinski definition) is 1. The quantitative estimate of drug-likeness (QED) is 0.450. The average Bonchev–Trinajstić information content (AvgIpc) is 2.65. The highest BCUT2D eigenvalue weighted by molar-refractivity contribution is 7.91. The molecule has 2 rings (SSSR count). The zero-order valence-corrected chi connectivity index (χ0v) is 20.1. The lowest BCUT2D eigenvalue weighted by molar-refractivity contribution is 0.0989. The van der Waals surface area contributed by atoms with Gasteiger partial charge < -0.3 is 18.6 Å². The summed E-state index contributed by atoms with van der Waals surface area (Å²) in [7, 11) is 0. The van der Waals surface area contributed by atoms with Crippen molar-refractivity contribution in [3.8, 4) is 0 Å². The summed E-state index contributed by atoms with van der Waals surface area (Å²) in [5.74, 6) is 0.818. The van der Waals surface area contributed by atoms with Crippen LogP contribution in [0.5, 0.6) is 0 Å². The Balaban J connectivity index is 1.88. The monoisotopic (exact) mass is 444 g/mol. The molecule has 8 heteroatoms. The number of nitrogens with one attached hydrogen (secondary N) is 1. The molecule has 166 valence electrons. The highest BCUT2D eigenvalue weighted by atomic mass is 32.2. The highest BCUT2D eigenvalue weighted by Crippen LogP contribution is 2.30. The molecule has 0 fully saturated rings. The molecule has 5 atom stereocenters. The Bertz CT molecular complexity index is 616. The van der Waals surface area contributed by atoms with Crippen molar-refractivity contribution in [2.75, 3.05) is 0 Å². The van der Waals surface area contributed by atoms with Crippen molar-refractivity contribution in [1.29, 1.82) is 0 Å². The van der Waals surface area contributed by atoms with Gasteiger partial charge in [-0.05, 0) is 79.4 Å². The maximum absolute atomic E-state index is 13.0. The molecule has 2 aliphatic rings. The molecular weight excluding hydrogens is 408 g/mol. The van der Waals surface area contributed by atoms with Gasteiger partial charge in [0.15, 0.2) is 0 Å². The second-order valence-corrected chi connectivity index (χ2v) is 13.1. The smallest absolute Gasteiger partial charge is 0.146 e. The molecule has 0 bridgehead atoms. The topological polar surface area (TPSA) is 89.0 Å². The Hall–Kier alpha value is -0.670. The van der Waals surface area contributed by atoms with Crippen LogP contribution in [-0.2, 0) is 32.2 Å². The predicted molar refractivity (Wildman–Crippen MR) is 121 cm³/mol. The van der Waals surface area contributed by atoms with Crippen LogP contribution in [0.1, 0.15) is 73.6 Å². The standard InChI is InChI=1S/C21H36N2O4S2/c1-16(19-12-7-8-13-26-19)23-29(25)21(5,6)14-17-10-9-11-18(27-17)15-22-28(24)20(2,3)4/h8,10,13,15-16,18-19,23H,7,9,11-12,14H2,1-6H3/t16-,18-,19-,28?,29?/m0/s1. The second kappa shape index (κ2) is 10.6. The summed E-state index contributed by atoms with van der Waals surface area (Å²) >= 11 is -2.55. The summed E-state index contributed by atoms with van der Waals surface area (Å²) in [6.45, 7) is 11.6. The Labute approximate surface area is 182 Å². The van der Waals surface area contributed by atoms with Gasteiger partial charge in [0.1, 0.15) is 33.1 Å². The van der Waals surface area contributed by atoms with E-state index in [0.29, 0.717) is 6.42 Å². The summed E-state index contributed by atoms with van der Waals surface area (Å²) in [5.41, 5.74) is 0. The molecule has 0 saturated carbocycles. The van der Waals surface area contributed by atoms with E-state index < -0.39 is 27.5 Å². The predicted octanol–water partition coefficient (Wildman–Crippen LogP) is 4.09. The van der Waals surface area contributed by atoms with E-state index in [1.54, 1.807) is 12.5 Å². The molecule has 0 amide bonds. The minimum absolute atomic E-state index is 0.00595. The van der Waals surface area contributed by atoms with Gasteiger partial charge in [0.25, 0.3) is 0 Å². The third-order valence-corrected chi connectivity index (χ3v) is 7.99. The van der Waals surface area contributed by atoms with Gasteiger partial charge >= 0.3 is 0 Å². The Morgan fingerprint density at radius 1 is 1.24 bits per heavy atom. The van der Waals surface area contributed by atoms with Gasteiger partial charge in [-0.15, -0.1) is 4.72 Å². The summed E-state index contributed by atoms with van der Waals surface area (Å²) < 4.78 is 43.3. The van der Waals surface area contributed by atoms with Gasteiger partial charge in [0.2, 0.25) is 0 Å². The fourth-order valence-electron chi connectivity index (χ4n) is 3.02. The van der Waals surface area contributed by atoms with Crippen molar-refractivity contribution in [3.63, 3.8) is 0 Å². The SMILES string of the molecule is C[C@H](N[S+]([O-])C(C)(C)CC1=CCC[C@@H](C=N[S+]([O-])C(C)(C)C)O1)[C@@H]1CCC=CO1. The van der Waals surface area contributed by atoms with E-state index in [2.05, 4.69) is 15.2 Å². The number of ether oxygens (including phenoxy) is 2. The molecule has 2 unspecified atom stereocenters. The molecule has 0 aromatic heterocycles. The van der Waals surface area contributed by atoms with E-state index >= 15 is 0 Å². The summed E-state index contributed by atoms with van der Waals surface area (Å²) in [4.78, 5) is 0. The molecule has 0 aromatic rings. The van der Waals surface area contributed by atoms with Crippen LogP contribution in [-0.4, -0.2) is 43.1 Å². The van der Waals surface area contributed by atoms with Crippen molar-refractivity contribution in [2.45, 2.75) is 101 Å². The molecule has 0 aliphatic carbocycles. The van der Waals surface area contributed by atoms with E-state index in [0.717, 1.165) is 31.4 Å². The van der Waals surface area contributed by atoms with Gasteiger partial charge in [-0.1, -0.05) is 4.40 Å². The Morgan fingerprint density at radius 3 is 2.59 bits per heavy atom. The van der Waals surface area contributed by atoms with E-state index in [9.17, 15) is 9.11 Å². The first-order valence-electron chi connectivity index (χ1n) is 10.3. The van der Waals surface area contributed by atoms with Gasteiger partial charge in [-0.3, -0.25) is 0 Å². The molecule has 6 nitrogen and oxygen atoms in total. The Morgan fingerprint density at radius 2 is 1.97 bits per heavy atom. The van der Waals surface area contributed by atoms with Gasteiger partial charge in [0, 0.05) is 11.4 Å². The summed E-state index contributed by atoms with van der Waals surface area (Å²) in [5, 5.41) is 0. The van der Waals surface area contributed by atoms with Crippen molar-refractivity contribution in [2.24, 2.45) is 4.40 Å². The lowest BCUT2D eigenvalue weighted by Crippen LogP contribution is -2.50. The fourth-order valence-corrected chi connectivity index (χ4v) is 4.66. The first kappa shape index (κ1) is 24.6. The van der Waals surface area contributed by atoms with Crippen molar-refractivity contribution in [3.05, 3.63) is 24.2 Å². The third kappa shape index (κ3) is 7.83. The molecular formula is C21H36N2O4S2. The van der Waals surface area contributed by atoms with Crippen molar-refractivity contribution >= 4 is 28.9 Å². The van der Waals surface area contributed by atoms with Crippen molar-refractivity contribution in [1.82, 2.24) is 4.72 Å². The largest absolute Gasteiger partial charge is 0.598 e. The van der Waals surface area contributed by atoms with E-state index in [1.165, 1.54) is 0 Å². The number of allylic oxidation sites excluding steroid dienone is 3. The minimum Gasteiger partial charge on any atom is -0.598 e.